The Labute approximate surface area is 158 Å². The molecule has 2 aromatic carbocycles. The second-order valence-corrected chi connectivity index (χ2v) is 7.49. The van der Waals surface area contributed by atoms with Crippen LogP contribution in [0.25, 0.3) is 0 Å². The summed E-state index contributed by atoms with van der Waals surface area (Å²) in [7, 11) is 1.54. The monoisotopic (exact) mass is 365 g/mol. The third-order valence-electron chi connectivity index (χ3n) is 6.10. The van der Waals surface area contributed by atoms with Crippen LogP contribution in [0.3, 0.4) is 0 Å². The smallest absolute Gasteiger partial charge is 0.312 e. The lowest BCUT2D eigenvalue weighted by atomic mass is 9.70. The molecule has 0 spiro atoms. The lowest BCUT2D eigenvalue weighted by Gasteiger charge is -2.33. The Balaban J connectivity index is 1.69. The Morgan fingerprint density at radius 2 is 1.81 bits per heavy atom. The summed E-state index contributed by atoms with van der Waals surface area (Å²) in [6.45, 7) is 0. The molecule has 2 heterocycles. The zero-order valence-electron chi connectivity index (χ0n) is 15.3. The number of rotatable bonds is 5. The fourth-order valence-corrected chi connectivity index (χ4v) is 4.91. The van der Waals surface area contributed by atoms with Gasteiger partial charge in [0.25, 0.3) is 5.91 Å². The molecule has 0 unspecified atom stereocenters. The summed E-state index contributed by atoms with van der Waals surface area (Å²) in [5.74, 6) is -0.412. The molecule has 27 heavy (non-hydrogen) atoms. The number of amides is 1. The first kappa shape index (κ1) is 17.6. The van der Waals surface area contributed by atoms with Gasteiger partial charge in [0.2, 0.25) is 0 Å². The Morgan fingerprint density at radius 3 is 2.52 bits per heavy atom. The largest absolute Gasteiger partial charge is 0.496 e. The van der Waals surface area contributed by atoms with E-state index in [1.54, 1.807) is 19.2 Å². The molecule has 5 heteroatoms. The standard InChI is InChI=1S/C22H23NO4/c1-27-18-10-6-5-9-17(18)20(24)23-16-11-12-19(23)22(14-16,21(25)26)13-15-7-3-2-4-8-15/h2-10,16,19H,11-14H2,1H3,(H,25,26)/t16-,19+,22+/m0/s1. The fourth-order valence-electron chi connectivity index (χ4n) is 4.91. The molecule has 4 rings (SSSR count). The Morgan fingerprint density at radius 1 is 1.11 bits per heavy atom. The van der Waals surface area contributed by atoms with Crippen molar-refractivity contribution in [2.45, 2.75) is 37.8 Å². The third-order valence-corrected chi connectivity index (χ3v) is 6.10. The van der Waals surface area contributed by atoms with Crippen molar-refractivity contribution in [3.8, 4) is 5.75 Å². The van der Waals surface area contributed by atoms with Gasteiger partial charge in [0, 0.05) is 12.1 Å². The maximum absolute atomic E-state index is 13.3. The number of methoxy groups -OCH3 is 1. The van der Waals surface area contributed by atoms with Crippen LogP contribution < -0.4 is 4.74 Å². The van der Waals surface area contributed by atoms with Crippen molar-refractivity contribution >= 4 is 11.9 Å². The first-order valence-electron chi connectivity index (χ1n) is 9.30. The second kappa shape index (κ2) is 6.72. The van der Waals surface area contributed by atoms with Gasteiger partial charge < -0.3 is 14.7 Å². The summed E-state index contributed by atoms with van der Waals surface area (Å²) >= 11 is 0. The molecule has 0 aliphatic carbocycles. The van der Waals surface area contributed by atoms with Crippen LogP contribution in [-0.4, -0.2) is 41.1 Å². The van der Waals surface area contributed by atoms with Crippen LogP contribution in [-0.2, 0) is 11.2 Å². The van der Waals surface area contributed by atoms with Crippen LogP contribution in [0.2, 0.25) is 0 Å². The number of para-hydroxylation sites is 1. The van der Waals surface area contributed by atoms with Crippen LogP contribution in [0, 0.1) is 5.41 Å². The number of hydrogen-bond acceptors (Lipinski definition) is 3. The highest BCUT2D eigenvalue weighted by Crippen LogP contribution is 2.52. The zero-order valence-corrected chi connectivity index (χ0v) is 15.3. The highest BCUT2D eigenvalue weighted by molar-refractivity contribution is 5.98. The number of carboxylic acid groups (broad SMARTS) is 1. The molecule has 2 aromatic rings. The summed E-state index contributed by atoms with van der Waals surface area (Å²) in [6.07, 6.45) is 2.53. The van der Waals surface area contributed by atoms with Crippen LogP contribution >= 0.6 is 0 Å². The highest BCUT2D eigenvalue weighted by atomic mass is 16.5. The molecule has 0 saturated carbocycles. The van der Waals surface area contributed by atoms with Gasteiger partial charge in [0.15, 0.2) is 0 Å². The van der Waals surface area contributed by atoms with Crippen molar-refractivity contribution in [2.75, 3.05) is 7.11 Å². The molecule has 2 fully saturated rings. The van der Waals surface area contributed by atoms with E-state index in [4.69, 9.17) is 4.74 Å². The molecule has 5 nitrogen and oxygen atoms in total. The fraction of sp³-hybridized carbons (Fsp3) is 0.364. The molecule has 2 aliphatic heterocycles. The van der Waals surface area contributed by atoms with E-state index in [0.717, 1.165) is 18.4 Å². The topological polar surface area (TPSA) is 66.8 Å². The minimum absolute atomic E-state index is 0.0350. The third kappa shape index (κ3) is 2.78. The lowest BCUT2D eigenvalue weighted by Crippen LogP contribution is -2.46. The quantitative estimate of drug-likeness (QED) is 0.882. The Bertz CT molecular complexity index is 866. The maximum Gasteiger partial charge on any atom is 0.312 e. The SMILES string of the molecule is COc1ccccc1C(=O)N1[C@H]2CC[C@@H]1[C@](Cc1ccccc1)(C(=O)O)C2. The number of carboxylic acids is 1. The predicted octanol–water partition coefficient (Wildman–Crippen LogP) is 3.39. The maximum atomic E-state index is 13.3. The van der Waals surface area contributed by atoms with E-state index in [0.29, 0.717) is 24.2 Å². The molecule has 1 amide bonds. The minimum atomic E-state index is -0.929. The summed E-state index contributed by atoms with van der Waals surface area (Å²) in [5, 5.41) is 10.2. The number of hydrogen-bond donors (Lipinski definition) is 1. The minimum Gasteiger partial charge on any atom is -0.496 e. The van der Waals surface area contributed by atoms with Gasteiger partial charge in [-0.25, -0.2) is 0 Å². The molecular formula is C22H23NO4. The van der Waals surface area contributed by atoms with Gasteiger partial charge in [-0.3, -0.25) is 9.59 Å². The number of nitrogens with zero attached hydrogens (tertiary/aromatic N) is 1. The van der Waals surface area contributed by atoms with Gasteiger partial charge >= 0.3 is 5.97 Å². The van der Waals surface area contributed by atoms with Crippen molar-refractivity contribution in [3.63, 3.8) is 0 Å². The van der Waals surface area contributed by atoms with Crippen molar-refractivity contribution in [3.05, 3.63) is 65.7 Å². The molecule has 0 radical (unpaired) electrons. The van der Waals surface area contributed by atoms with E-state index in [1.807, 2.05) is 47.4 Å². The first-order chi connectivity index (χ1) is 13.1. The van der Waals surface area contributed by atoms with E-state index < -0.39 is 11.4 Å². The molecule has 2 saturated heterocycles. The number of benzene rings is 2. The van der Waals surface area contributed by atoms with E-state index in [9.17, 15) is 14.7 Å². The van der Waals surface area contributed by atoms with E-state index in [-0.39, 0.29) is 18.0 Å². The number of carbonyl (C=O) groups is 2. The molecule has 140 valence electrons. The van der Waals surface area contributed by atoms with Gasteiger partial charge in [-0.05, 0) is 43.4 Å². The number of carbonyl (C=O) groups excluding carboxylic acids is 1. The normalized spacial score (nSPS) is 26.2. The van der Waals surface area contributed by atoms with E-state index in [1.165, 1.54) is 0 Å². The highest BCUT2D eigenvalue weighted by Gasteiger charge is 2.61. The summed E-state index contributed by atoms with van der Waals surface area (Å²) in [5.41, 5.74) is 0.567. The number of fused-ring (bicyclic) bond motifs is 2. The van der Waals surface area contributed by atoms with Gasteiger partial charge in [0.05, 0.1) is 18.1 Å². The Kier molecular flexibility index (Phi) is 4.38. The van der Waals surface area contributed by atoms with Crippen molar-refractivity contribution < 1.29 is 19.4 Å². The molecule has 1 N–H and O–H groups in total. The average Bonchev–Trinajstić information content (AvgIpc) is 3.24. The number of ether oxygens (including phenoxy) is 1. The van der Waals surface area contributed by atoms with Crippen LogP contribution in [0.5, 0.6) is 5.75 Å². The number of aliphatic carboxylic acids is 1. The van der Waals surface area contributed by atoms with Crippen LogP contribution in [0.1, 0.15) is 35.2 Å². The van der Waals surface area contributed by atoms with Crippen molar-refractivity contribution in [1.82, 2.24) is 4.90 Å². The van der Waals surface area contributed by atoms with Gasteiger partial charge in [-0.1, -0.05) is 42.5 Å². The summed E-state index contributed by atoms with van der Waals surface area (Å²) in [6, 6.07) is 16.5. The van der Waals surface area contributed by atoms with Crippen LogP contribution in [0.4, 0.5) is 0 Å². The van der Waals surface area contributed by atoms with E-state index >= 15 is 0 Å². The first-order valence-corrected chi connectivity index (χ1v) is 9.30. The Hall–Kier alpha value is -2.82. The zero-order chi connectivity index (χ0) is 19.0. The molecule has 2 aliphatic rings. The van der Waals surface area contributed by atoms with Crippen molar-refractivity contribution in [2.24, 2.45) is 5.41 Å². The van der Waals surface area contributed by atoms with E-state index in [2.05, 4.69) is 0 Å². The van der Waals surface area contributed by atoms with Crippen LogP contribution in [0.15, 0.2) is 54.6 Å². The summed E-state index contributed by atoms with van der Waals surface area (Å²) < 4.78 is 5.35. The van der Waals surface area contributed by atoms with Gasteiger partial charge in [0.1, 0.15) is 5.75 Å². The van der Waals surface area contributed by atoms with Crippen molar-refractivity contribution in [1.29, 1.82) is 0 Å². The molecule has 0 aromatic heterocycles. The second-order valence-electron chi connectivity index (χ2n) is 7.49. The average molecular weight is 365 g/mol. The molecular weight excluding hydrogens is 342 g/mol. The summed E-state index contributed by atoms with van der Waals surface area (Å²) in [4.78, 5) is 27.5. The molecule has 3 atom stereocenters. The van der Waals surface area contributed by atoms with Gasteiger partial charge in [-0.15, -0.1) is 0 Å². The molecule has 2 bridgehead atoms. The lowest BCUT2D eigenvalue weighted by molar-refractivity contribution is -0.150. The van der Waals surface area contributed by atoms with Gasteiger partial charge in [-0.2, -0.15) is 0 Å². The predicted molar refractivity (Wildman–Crippen MR) is 101 cm³/mol.